The maximum atomic E-state index is 11.3. The number of benzene rings is 2. The number of carbonyl (C=O) groups excluding carboxylic acids is 1. The Morgan fingerprint density at radius 2 is 1.79 bits per heavy atom. The molecule has 94 valence electrons. The number of hydrogen-bond acceptors (Lipinski definition) is 1. The lowest BCUT2D eigenvalue weighted by Crippen LogP contribution is -2.12. The van der Waals surface area contributed by atoms with Crippen molar-refractivity contribution in [2.45, 2.75) is 6.92 Å². The lowest BCUT2D eigenvalue weighted by Gasteiger charge is -2.02. The van der Waals surface area contributed by atoms with E-state index in [4.69, 9.17) is 5.73 Å². The van der Waals surface area contributed by atoms with E-state index < -0.39 is 5.91 Å². The summed E-state index contributed by atoms with van der Waals surface area (Å²) < 4.78 is 0. The van der Waals surface area contributed by atoms with Crippen LogP contribution in [0.25, 0.3) is 22.0 Å². The Morgan fingerprint density at radius 1 is 1.05 bits per heavy atom. The number of H-pyrrole nitrogens is 1. The molecular formula is C16H14N2O. The Balaban J connectivity index is 2.21. The number of carbonyl (C=O) groups is 1. The molecule has 3 heteroatoms. The van der Waals surface area contributed by atoms with E-state index in [0.717, 1.165) is 27.6 Å². The first kappa shape index (κ1) is 11.5. The largest absolute Gasteiger partial charge is 0.364 e. The molecular weight excluding hydrogens is 236 g/mol. The van der Waals surface area contributed by atoms with Crippen LogP contribution in [0.2, 0.25) is 0 Å². The molecule has 0 aliphatic carbocycles. The average Bonchev–Trinajstić information content (AvgIpc) is 2.77. The minimum Gasteiger partial charge on any atom is -0.364 e. The SMILES string of the molecule is Cc1c(C(N)=O)[nH]c2ccc(-c3ccccc3)cc12. The first-order chi connectivity index (χ1) is 9.16. The van der Waals surface area contributed by atoms with Crippen LogP contribution in [-0.4, -0.2) is 10.9 Å². The van der Waals surface area contributed by atoms with Gasteiger partial charge in [-0.15, -0.1) is 0 Å². The second-order valence-corrected chi connectivity index (χ2v) is 4.62. The Morgan fingerprint density at radius 3 is 2.47 bits per heavy atom. The summed E-state index contributed by atoms with van der Waals surface area (Å²) >= 11 is 0. The van der Waals surface area contributed by atoms with Crippen LogP contribution in [0.1, 0.15) is 16.1 Å². The quantitative estimate of drug-likeness (QED) is 0.720. The van der Waals surface area contributed by atoms with Crippen molar-refractivity contribution in [1.82, 2.24) is 4.98 Å². The Labute approximate surface area is 111 Å². The van der Waals surface area contributed by atoms with Crippen LogP contribution in [0, 0.1) is 6.92 Å². The van der Waals surface area contributed by atoms with E-state index in [2.05, 4.69) is 23.2 Å². The summed E-state index contributed by atoms with van der Waals surface area (Å²) in [7, 11) is 0. The van der Waals surface area contributed by atoms with E-state index in [1.165, 1.54) is 0 Å². The van der Waals surface area contributed by atoms with E-state index in [1.54, 1.807) is 0 Å². The number of nitrogens with one attached hydrogen (secondary N) is 1. The van der Waals surface area contributed by atoms with Crippen molar-refractivity contribution in [3.05, 3.63) is 59.8 Å². The zero-order valence-electron chi connectivity index (χ0n) is 10.6. The number of amides is 1. The van der Waals surface area contributed by atoms with Gasteiger partial charge in [0.2, 0.25) is 0 Å². The number of nitrogens with two attached hydrogens (primary N) is 1. The molecule has 3 nitrogen and oxygen atoms in total. The lowest BCUT2D eigenvalue weighted by atomic mass is 10.0. The number of aromatic nitrogens is 1. The van der Waals surface area contributed by atoms with Gasteiger partial charge in [-0.25, -0.2) is 0 Å². The molecule has 0 unspecified atom stereocenters. The van der Waals surface area contributed by atoms with Crippen molar-refractivity contribution in [1.29, 1.82) is 0 Å². The third-order valence-electron chi connectivity index (χ3n) is 3.41. The number of aromatic amines is 1. The summed E-state index contributed by atoms with van der Waals surface area (Å²) in [6.07, 6.45) is 0. The molecule has 0 fully saturated rings. The summed E-state index contributed by atoms with van der Waals surface area (Å²) in [4.78, 5) is 14.4. The van der Waals surface area contributed by atoms with Gasteiger partial charge in [0.1, 0.15) is 5.69 Å². The zero-order valence-corrected chi connectivity index (χ0v) is 10.6. The van der Waals surface area contributed by atoms with Crippen molar-refractivity contribution in [2.75, 3.05) is 0 Å². The van der Waals surface area contributed by atoms with Crippen LogP contribution < -0.4 is 5.73 Å². The number of fused-ring (bicyclic) bond motifs is 1. The summed E-state index contributed by atoms with van der Waals surface area (Å²) in [6, 6.07) is 16.3. The first-order valence-electron chi connectivity index (χ1n) is 6.14. The summed E-state index contributed by atoms with van der Waals surface area (Å²) in [5.41, 5.74) is 9.97. The fourth-order valence-corrected chi connectivity index (χ4v) is 2.38. The fraction of sp³-hybridized carbons (Fsp3) is 0.0625. The minimum atomic E-state index is -0.421. The molecule has 1 amide bonds. The van der Waals surface area contributed by atoms with Crippen molar-refractivity contribution in [3.63, 3.8) is 0 Å². The van der Waals surface area contributed by atoms with E-state index in [1.807, 2.05) is 37.3 Å². The van der Waals surface area contributed by atoms with Crippen molar-refractivity contribution < 1.29 is 4.79 Å². The topological polar surface area (TPSA) is 58.9 Å². The standard InChI is InChI=1S/C16H14N2O/c1-10-13-9-12(11-5-3-2-4-6-11)7-8-14(13)18-15(10)16(17)19/h2-9,18H,1H3,(H2,17,19). The zero-order chi connectivity index (χ0) is 13.4. The Bertz CT molecular complexity index is 757. The number of primary amides is 1. The lowest BCUT2D eigenvalue weighted by molar-refractivity contribution is 0.0996. The molecule has 3 rings (SSSR count). The monoisotopic (exact) mass is 250 g/mol. The molecule has 0 radical (unpaired) electrons. The number of hydrogen-bond donors (Lipinski definition) is 2. The van der Waals surface area contributed by atoms with Crippen LogP contribution in [0.5, 0.6) is 0 Å². The molecule has 1 heterocycles. The normalized spacial score (nSPS) is 10.8. The third-order valence-corrected chi connectivity index (χ3v) is 3.41. The van der Waals surface area contributed by atoms with Gasteiger partial charge in [0, 0.05) is 10.9 Å². The highest BCUT2D eigenvalue weighted by Gasteiger charge is 2.12. The van der Waals surface area contributed by atoms with Crippen molar-refractivity contribution >= 4 is 16.8 Å². The molecule has 0 atom stereocenters. The van der Waals surface area contributed by atoms with Gasteiger partial charge in [-0.05, 0) is 35.7 Å². The highest BCUT2D eigenvalue weighted by Crippen LogP contribution is 2.27. The van der Waals surface area contributed by atoms with Crippen molar-refractivity contribution in [3.8, 4) is 11.1 Å². The predicted octanol–water partition coefficient (Wildman–Crippen LogP) is 3.24. The van der Waals surface area contributed by atoms with Gasteiger partial charge in [-0.3, -0.25) is 4.79 Å². The molecule has 0 aliphatic rings. The maximum Gasteiger partial charge on any atom is 0.265 e. The molecule has 1 aromatic heterocycles. The number of aryl methyl sites for hydroxylation is 1. The molecule has 19 heavy (non-hydrogen) atoms. The molecule has 2 aromatic carbocycles. The van der Waals surface area contributed by atoms with E-state index in [0.29, 0.717) is 5.69 Å². The van der Waals surface area contributed by atoms with E-state index in [-0.39, 0.29) is 0 Å². The van der Waals surface area contributed by atoms with Crippen LogP contribution in [0.15, 0.2) is 48.5 Å². The van der Waals surface area contributed by atoms with Crippen LogP contribution in [-0.2, 0) is 0 Å². The fourth-order valence-electron chi connectivity index (χ4n) is 2.38. The summed E-state index contributed by atoms with van der Waals surface area (Å²) in [6.45, 7) is 1.91. The van der Waals surface area contributed by atoms with Gasteiger partial charge in [-0.2, -0.15) is 0 Å². The molecule has 0 saturated heterocycles. The summed E-state index contributed by atoms with van der Waals surface area (Å²) in [5.74, 6) is -0.421. The van der Waals surface area contributed by atoms with Gasteiger partial charge in [-0.1, -0.05) is 36.4 Å². The van der Waals surface area contributed by atoms with Gasteiger partial charge < -0.3 is 10.7 Å². The van der Waals surface area contributed by atoms with E-state index in [9.17, 15) is 4.79 Å². The van der Waals surface area contributed by atoms with Crippen LogP contribution in [0.4, 0.5) is 0 Å². The van der Waals surface area contributed by atoms with Crippen LogP contribution in [0.3, 0.4) is 0 Å². The molecule has 3 N–H and O–H groups in total. The maximum absolute atomic E-state index is 11.3. The molecule has 0 bridgehead atoms. The highest BCUT2D eigenvalue weighted by atomic mass is 16.1. The molecule has 3 aromatic rings. The smallest absolute Gasteiger partial charge is 0.265 e. The number of rotatable bonds is 2. The predicted molar refractivity (Wildman–Crippen MR) is 77.0 cm³/mol. The van der Waals surface area contributed by atoms with Gasteiger partial charge in [0.15, 0.2) is 0 Å². The second kappa shape index (κ2) is 4.28. The minimum absolute atomic E-state index is 0.421. The highest BCUT2D eigenvalue weighted by molar-refractivity contribution is 6.01. The molecule has 0 aliphatic heterocycles. The van der Waals surface area contributed by atoms with Gasteiger partial charge in [0.05, 0.1) is 0 Å². The van der Waals surface area contributed by atoms with Crippen LogP contribution >= 0.6 is 0 Å². The average molecular weight is 250 g/mol. The molecule has 0 spiro atoms. The van der Waals surface area contributed by atoms with Gasteiger partial charge >= 0.3 is 0 Å². The molecule has 0 saturated carbocycles. The Kier molecular flexibility index (Phi) is 2.60. The Hall–Kier alpha value is -2.55. The first-order valence-corrected chi connectivity index (χ1v) is 6.14. The van der Waals surface area contributed by atoms with Gasteiger partial charge in [0.25, 0.3) is 5.91 Å². The summed E-state index contributed by atoms with van der Waals surface area (Å²) in [5, 5.41) is 1.04. The van der Waals surface area contributed by atoms with E-state index >= 15 is 0 Å². The third kappa shape index (κ3) is 1.89. The second-order valence-electron chi connectivity index (χ2n) is 4.62. The van der Waals surface area contributed by atoms with Crippen molar-refractivity contribution in [2.24, 2.45) is 5.73 Å².